The first-order valence-electron chi connectivity index (χ1n) is 7.11. The topological polar surface area (TPSA) is 55.4 Å². The summed E-state index contributed by atoms with van der Waals surface area (Å²) >= 11 is 0. The Morgan fingerprint density at radius 2 is 1.90 bits per heavy atom. The number of hydrogen-bond donors (Lipinski definition) is 1. The van der Waals surface area contributed by atoms with Gasteiger partial charge < -0.3 is 10.1 Å². The lowest BCUT2D eigenvalue weighted by atomic mass is 10.1. The van der Waals surface area contributed by atoms with Crippen molar-refractivity contribution in [3.63, 3.8) is 0 Å². The molecule has 0 aromatic heterocycles. The summed E-state index contributed by atoms with van der Waals surface area (Å²) in [7, 11) is 0. The average molecular weight is 289 g/mol. The number of aryl methyl sites for hydroxylation is 1. The van der Waals surface area contributed by atoms with Gasteiger partial charge in [0, 0.05) is 0 Å². The quantitative estimate of drug-likeness (QED) is 0.455. The highest BCUT2D eigenvalue weighted by molar-refractivity contribution is 5.92. The number of hydrogen-bond acceptors (Lipinski definition) is 3. The van der Waals surface area contributed by atoms with Crippen LogP contribution in [-0.4, -0.2) is 24.0 Å². The Morgan fingerprint density at radius 1 is 1.24 bits per heavy atom. The van der Waals surface area contributed by atoms with E-state index in [1.165, 1.54) is 5.56 Å². The lowest BCUT2D eigenvalue weighted by Gasteiger charge is -2.23. The molecule has 0 bridgehead atoms. The molecule has 4 heteroatoms. The fourth-order valence-corrected chi connectivity index (χ4v) is 1.83. The van der Waals surface area contributed by atoms with Crippen molar-refractivity contribution in [2.24, 2.45) is 0 Å². The molecule has 0 saturated heterocycles. The molecule has 0 aliphatic rings. The molecule has 0 saturated carbocycles. The third kappa shape index (κ3) is 6.25. The monoisotopic (exact) mass is 289 g/mol. The number of ether oxygens (including phenoxy) is 1. The Kier molecular flexibility index (Phi) is 6.66. The first-order valence-corrected chi connectivity index (χ1v) is 7.11. The van der Waals surface area contributed by atoms with Gasteiger partial charge in [0.25, 0.3) is 0 Å². The highest BCUT2D eigenvalue weighted by Crippen LogP contribution is 2.08. The summed E-state index contributed by atoms with van der Waals surface area (Å²) in [6, 6.07) is 10.2. The minimum absolute atomic E-state index is 0.360. The summed E-state index contributed by atoms with van der Waals surface area (Å²) in [5, 5.41) is 2.54. The number of nitrogens with one attached hydrogen (secondary N) is 1. The van der Waals surface area contributed by atoms with Crippen molar-refractivity contribution >= 4 is 11.9 Å². The Morgan fingerprint density at radius 3 is 2.52 bits per heavy atom. The van der Waals surface area contributed by atoms with Gasteiger partial charge in [-0.2, -0.15) is 0 Å². The fourth-order valence-electron chi connectivity index (χ4n) is 1.83. The summed E-state index contributed by atoms with van der Waals surface area (Å²) in [5.41, 5.74) is 0.243. The average Bonchev–Trinajstić information content (AvgIpc) is 2.47. The van der Waals surface area contributed by atoms with E-state index in [0.29, 0.717) is 6.61 Å². The standard InChI is InChI=1S/C17H23NO3/c1-4-15(19)18-17(2,3)16(20)21-13-9-8-12-14-10-6-5-7-11-14/h4-7,10-11H,1,8-9,12-13H2,2-3H3,(H,18,19). The number of esters is 1. The molecule has 0 atom stereocenters. The summed E-state index contributed by atoms with van der Waals surface area (Å²) < 4.78 is 5.20. The zero-order valence-corrected chi connectivity index (χ0v) is 12.7. The minimum Gasteiger partial charge on any atom is -0.464 e. The van der Waals surface area contributed by atoms with E-state index in [2.05, 4.69) is 24.0 Å². The highest BCUT2D eigenvalue weighted by Gasteiger charge is 2.30. The Labute approximate surface area is 126 Å². The smallest absolute Gasteiger partial charge is 0.331 e. The van der Waals surface area contributed by atoms with Crippen LogP contribution in [0.15, 0.2) is 43.0 Å². The molecule has 0 spiro atoms. The zero-order valence-electron chi connectivity index (χ0n) is 12.7. The van der Waals surface area contributed by atoms with E-state index in [9.17, 15) is 9.59 Å². The Bertz CT molecular complexity index is 480. The molecule has 1 rings (SSSR count). The third-order valence-electron chi connectivity index (χ3n) is 3.07. The predicted molar refractivity (Wildman–Crippen MR) is 82.8 cm³/mol. The van der Waals surface area contributed by atoms with Crippen LogP contribution in [0.1, 0.15) is 32.3 Å². The van der Waals surface area contributed by atoms with E-state index in [0.717, 1.165) is 25.3 Å². The number of carbonyl (C=O) groups is 2. The van der Waals surface area contributed by atoms with Crippen LogP contribution in [0.5, 0.6) is 0 Å². The molecule has 1 aromatic rings. The maximum absolute atomic E-state index is 11.9. The van der Waals surface area contributed by atoms with E-state index in [1.807, 2.05) is 18.2 Å². The second-order valence-corrected chi connectivity index (χ2v) is 5.40. The molecule has 0 aliphatic heterocycles. The van der Waals surface area contributed by atoms with E-state index in [1.54, 1.807) is 13.8 Å². The third-order valence-corrected chi connectivity index (χ3v) is 3.07. The summed E-state index contributed by atoms with van der Waals surface area (Å²) in [6.45, 7) is 6.94. The second kappa shape index (κ2) is 8.25. The van der Waals surface area contributed by atoms with Gasteiger partial charge >= 0.3 is 5.97 Å². The predicted octanol–water partition coefficient (Wildman–Crippen LogP) is 2.63. The molecule has 114 valence electrons. The van der Waals surface area contributed by atoms with Crippen molar-refractivity contribution in [3.8, 4) is 0 Å². The van der Waals surface area contributed by atoms with Gasteiger partial charge in [0.15, 0.2) is 0 Å². The summed E-state index contributed by atoms with van der Waals surface area (Å²) in [4.78, 5) is 23.1. The molecular formula is C17H23NO3. The number of carbonyl (C=O) groups excluding carboxylic acids is 2. The van der Waals surface area contributed by atoms with Crippen LogP contribution < -0.4 is 5.32 Å². The van der Waals surface area contributed by atoms with Crippen LogP contribution >= 0.6 is 0 Å². The molecule has 21 heavy (non-hydrogen) atoms. The van der Waals surface area contributed by atoms with Crippen LogP contribution in [0.4, 0.5) is 0 Å². The van der Waals surface area contributed by atoms with Crippen LogP contribution in [-0.2, 0) is 20.7 Å². The zero-order chi connectivity index (χ0) is 15.7. The molecular weight excluding hydrogens is 266 g/mol. The van der Waals surface area contributed by atoms with E-state index in [-0.39, 0.29) is 5.91 Å². The first-order chi connectivity index (χ1) is 9.95. The van der Waals surface area contributed by atoms with Crippen molar-refractivity contribution in [2.45, 2.75) is 38.6 Å². The Balaban J connectivity index is 2.24. The number of unbranched alkanes of at least 4 members (excludes halogenated alkanes) is 1. The van der Waals surface area contributed by atoms with Crippen molar-refractivity contribution in [2.75, 3.05) is 6.61 Å². The van der Waals surface area contributed by atoms with E-state index in [4.69, 9.17) is 4.74 Å². The molecule has 0 aliphatic carbocycles. The largest absolute Gasteiger partial charge is 0.464 e. The van der Waals surface area contributed by atoms with Crippen LogP contribution in [0.2, 0.25) is 0 Å². The van der Waals surface area contributed by atoms with Crippen molar-refractivity contribution in [1.82, 2.24) is 5.32 Å². The number of rotatable bonds is 8. The molecule has 0 heterocycles. The lowest BCUT2D eigenvalue weighted by Crippen LogP contribution is -2.50. The van der Waals surface area contributed by atoms with Crippen LogP contribution in [0.25, 0.3) is 0 Å². The van der Waals surface area contributed by atoms with Gasteiger partial charge in [-0.25, -0.2) is 4.79 Å². The van der Waals surface area contributed by atoms with Gasteiger partial charge in [-0.05, 0) is 44.7 Å². The molecule has 1 amide bonds. The highest BCUT2D eigenvalue weighted by atomic mass is 16.5. The molecule has 4 nitrogen and oxygen atoms in total. The maximum atomic E-state index is 11.9. The Hall–Kier alpha value is -2.10. The SMILES string of the molecule is C=CC(=O)NC(C)(C)C(=O)OCCCCc1ccccc1. The van der Waals surface area contributed by atoms with Gasteiger partial charge in [0.2, 0.25) is 5.91 Å². The van der Waals surface area contributed by atoms with Gasteiger partial charge in [-0.1, -0.05) is 36.9 Å². The van der Waals surface area contributed by atoms with Crippen molar-refractivity contribution in [1.29, 1.82) is 0 Å². The molecule has 1 aromatic carbocycles. The van der Waals surface area contributed by atoms with Crippen LogP contribution in [0, 0.1) is 0 Å². The second-order valence-electron chi connectivity index (χ2n) is 5.40. The molecule has 0 radical (unpaired) electrons. The molecule has 0 fully saturated rings. The van der Waals surface area contributed by atoms with Crippen molar-refractivity contribution in [3.05, 3.63) is 48.6 Å². The van der Waals surface area contributed by atoms with Crippen molar-refractivity contribution < 1.29 is 14.3 Å². The van der Waals surface area contributed by atoms with Gasteiger partial charge in [-0.15, -0.1) is 0 Å². The van der Waals surface area contributed by atoms with Gasteiger partial charge in [0.05, 0.1) is 6.61 Å². The van der Waals surface area contributed by atoms with Gasteiger partial charge in [0.1, 0.15) is 5.54 Å². The van der Waals surface area contributed by atoms with E-state index < -0.39 is 11.5 Å². The van der Waals surface area contributed by atoms with Gasteiger partial charge in [-0.3, -0.25) is 4.79 Å². The molecule has 1 N–H and O–H groups in total. The fraction of sp³-hybridized carbons (Fsp3) is 0.412. The lowest BCUT2D eigenvalue weighted by molar-refractivity contribution is -0.151. The molecule has 0 unspecified atom stereocenters. The first kappa shape index (κ1) is 17.0. The minimum atomic E-state index is -1.04. The normalized spacial score (nSPS) is 10.8. The number of benzene rings is 1. The summed E-state index contributed by atoms with van der Waals surface area (Å²) in [5.74, 6) is -0.821. The van der Waals surface area contributed by atoms with E-state index >= 15 is 0 Å². The number of amides is 1. The van der Waals surface area contributed by atoms with Crippen LogP contribution in [0.3, 0.4) is 0 Å². The maximum Gasteiger partial charge on any atom is 0.331 e. The summed E-state index contributed by atoms with van der Waals surface area (Å²) in [6.07, 6.45) is 3.85.